The van der Waals surface area contributed by atoms with Gasteiger partial charge in [0.25, 0.3) is 0 Å². The van der Waals surface area contributed by atoms with Crippen LogP contribution in [0.1, 0.15) is 58.3 Å². The predicted octanol–water partition coefficient (Wildman–Crippen LogP) is 3.85. The fourth-order valence-corrected chi connectivity index (χ4v) is 4.32. The van der Waals surface area contributed by atoms with E-state index in [0.717, 1.165) is 25.0 Å². The summed E-state index contributed by atoms with van der Waals surface area (Å²) >= 11 is 0. The van der Waals surface area contributed by atoms with Crippen LogP contribution in [0.3, 0.4) is 0 Å². The standard InChI is InChI=1S/C16H28O2Si/c1-2-17-19(14-16-8-4-3-5-9-16)18-13-7-12-15-10-6-11-15/h7,12,14-16H,2-6,8-11,13H2,1H3. The molecule has 0 aromatic rings. The van der Waals surface area contributed by atoms with Crippen LogP contribution in [-0.2, 0) is 8.85 Å². The minimum Gasteiger partial charge on any atom is -0.524 e. The third-order valence-corrected chi connectivity index (χ3v) is 5.96. The van der Waals surface area contributed by atoms with Crippen molar-refractivity contribution in [1.82, 2.24) is 0 Å². The van der Waals surface area contributed by atoms with Gasteiger partial charge in [0, 0.05) is 0 Å². The maximum atomic E-state index is 5.94. The fourth-order valence-electron chi connectivity index (χ4n) is 2.78. The lowest BCUT2D eigenvalue weighted by molar-refractivity contribution is 0.242. The molecule has 2 aliphatic carbocycles. The highest BCUT2D eigenvalue weighted by molar-refractivity contribution is 6.54. The van der Waals surface area contributed by atoms with Crippen molar-refractivity contribution in [1.29, 1.82) is 0 Å². The van der Waals surface area contributed by atoms with E-state index in [1.54, 1.807) is 0 Å². The summed E-state index contributed by atoms with van der Waals surface area (Å²) in [5.41, 5.74) is 2.39. The van der Waals surface area contributed by atoms with Crippen molar-refractivity contribution >= 4 is 14.6 Å². The van der Waals surface area contributed by atoms with Crippen LogP contribution < -0.4 is 0 Å². The van der Waals surface area contributed by atoms with Crippen molar-refractivity contribution in [2.45, 2.75) is 58.3 Å². The quantitative estimate of drug-likeness (QED) is 0.521. The third-order valence-electron chi connectivity index (χ3n) is 4.19. The van der Waals surface area contributed by atoms with Gasteiger partial charge in [-0.25, -0.2) is 0 Å². The molecule has 0 saturated heterocycles. The van der Waals surface area contributed by atoms with Crippen LogP contribution in [0.15, 0.2) is 12.2 Å². The first-order valence-electron chi connectivity index (χ1n) is 8.02. The van der Waals surface area contributed by atoms with E-state index in [0.29, 0.717) is 0 Å². The first kappa shape index (κ1) is 14.8. The van der Waals surface area contributed by atoms with Gasteiger partial charge in [-0.3, -0.25) is 0 Å². The lowest BCUT2D eigenvalue weighted by Gasteiger charge is -2.21. The van der Waals surface area contributed by atoms with Gasteiger partial charge in [-0.05, 0) is 50.1 Å². The van der Waals surface area contributed by atoms with Crippen LogP contribution >= 0.6 is 0 Å². The topological polar surface area (TPSA) is 18.5 Å². The Morgan fingerprint density at radius 1 is 0.947 bits per heavy atom. The molecule has 0 aliphatic heterocycles. The van der Waals surface area contributed by atoms with Crippen LogP contribution in [0, 0.1) is 11.8 Å². The molecule has 2 aliphatic rings. The summed E-state index contributed by atoms with van der Waals surface area (Å²) in [6.07, 6.45) is 15.5. The van der Waals surface area contributed by atoms with Crippen molar-refractivity contribution < 1.29 is 8.85 Å². The summed E-state index contributed by atoms with van der Waals surface area (Å²) in [5.74, 6) is 1.57. The van der Waals surface area contributed by atoms with Crippen LogP contribution in [0.2, 0.25) is 0 Å². The Labute approximate surface area is 119 Å². The molecule has 2 saturated carbocycles. The van der Waals surface area contributed by atoms with Gasteiger partial charge in [-0.2, -0.15) is 0 Å². The van der Waals surface area contributed by atoms with Crippen molar-refractivity contribution in [3.05, 3.63) is 12.2 Å². The lowest BCUT2D eigenvalue weighted by Crippen LogP contribution is -2.22. The Bertz CT molecular complexity index is 302. The van der Waals surface area contributed by atoms with E-state index < -0.39 is 8.90 Å². The molecule has 3 heteroatoms. The van der Waals surface area contributed by atoms with Gasteiger partial charge < -0.3 is 8.85 Å². The second-order valence-electron chi connectivity index (χ2n) is 5.75. The molecule has 2 rings (SSSR count). The maximum absolute atomic E-state index is 5.94. The molecule has 0 atom stereocenters. The first-order chi connectivity index (χ1) is 9.38. The Kier molecular flexibility index (Phi) is 6.69. The third kappa shape index (κ3) is 5.51. The van der Waals surface area contributed by atoms with E-state index in [1.165, 1.54) is 51.4 Å². The van der Waals surface area contributed by atoms with E-state index in [-0.39, 0.29) is 0 Å². The molecule has 0 N–H and O–H groups in total. The highest BCUT2D eigenvalue weighted by Gasteiger charge is 2.15. The van der Waals surface area contributed by atoms with E-state index in [4.69, 9.17) is 8.85 Å². The molecular formula is C16H28O2Si. The molecule has 2 fully saturated rings. The van der Waals surface area contributed by atoms with Gasteiger partial charge in [0.05, 0.1) is 13.2 Å². The zero-order valence-electron chi connectivity index (χ0n) is 12.3. The van der Waals surface area contributed by atoms with Crippen molar-refractivity contribution in [2.75, 3.05) is 13.2 Å². The smallest absolute Gasteiger partial charge is 0.476 e. The van der Waals surface area contributed by atoms with Crippen molar-refractivity contribution in [3.63, 3.8) is 0 Å². The summed E-state index contributed by atoms with van der Waals surface area (Å²) in [6.45, 7) is 3.56. The molecule has 0 amide bonds. The maximum Gasteiger partial charge on any atom is 0.476 e. The largest absolute Gasteiger partial charge is 0.524 e. The minimum atomic E-state index is -1.16. The van der Waals surface area contributed by atoms with Crippen molar-refractivity contribution in [2.24, 2.45) is 11.8 Å². The number of hydrogen-bond acceptors (Lipinski definition) is 2. The van der Waals surface area contributed by atoms with Gasteiger partial charge in [-0.15, -0.1) is 0 Å². The van der Waals surface area contributed by atoms with Gasteiger partial charge in [-0.1, -0.05) is 37.8 Å². The summed E-state index contributed by atoms with van der Waals surface area (Å²) in [7, 11) is -1.16. The van der Waals surface area contributed by atoms with Gasteiger partial charge in [0.1, 0.15) is 0 Å². The highest BCUT2D eigenvalue weighted by atomic mass is 28.3. The molecule has 0 spiro atoms. The van der Waals surface area contributed by atoms with Gasteiger partial charge in [0.2, 0.25) is 0 Å². The Balaban J connectivity index is 1.73. The summed E-state index contributed by atoms with van der Waals surface area (Å²) < 4.78 is 11.7. The first-order valence-corrected chi connectivity index (χ1v) is 9.42. The molecule has 108 valence electrons. The molecule has 0 radical (unpaired) electrons. The molecule has 0 bridgehead atoms. The van der Waals surface area contributed by atoms with E-state index in [2.05, 4.69) is 24.7 Å². The predicted molar refractivity (Wildman–Crippen MR) is 82.5 cm³/mol. The molecular weight excluding hydrogens is 252 g/mol. The molecule has 0 unspecified atom stereocenters. The number of allylic oxidation sites excluding steroid dienone is 1. The second-order valence-corrected chi connectivity index (χ2v) is 7.30. The van der Waals surface area contributed by atoms with Crippen LogP contribution in [-0.4, -0.2) is 27.8 Å². The van der Waals surface area contributed by atoms with Crippen molar-refractivity contribution in [3.8, 4) is 0 Å². The van der Waals surface area contributed by atoms with E-state index in [9.17, 15) is 0 Å². The molecule has 0 aromatic carbocycles. The molecule has 19 heavy (non-hydrogen) atoms. The summed E-state index contributed by atoms with van der Waals surface area (Å²) in [4.78, 5) is 0. The number of hydrogen-bond donors (Lipinski definition) is 0. The average molecular weight is 280 g/mol. The van der Waals surface area contributed by atoms with Gasteiger partial charge >= 0.3 is 8.90 Å². The SMILES string of the molecule is CCO[Si](=CC1CCCCC1)OCC=CC1CCC1. The zero-order valence-corrected chi connectivity index (χ0v) is 13.3. The summed E-state index contributed by atoms with van der Waals surface area (Å²) in [6, 6.07) is 0. The highest BCUT2D eigenvalue weighted by Crippen LogP contribution is 2.27. The molecule has 0 heterocycles. The van der Waals surface area contributed by atoms with Gasteiger partial charge in [0.15, 0.2) is 0 Å². The summed E-state index contributed by atoms with van der Waals surface area (Å²) in [5, 5.41) is 0. The zero-order chi connectivity index (χ0) is 13.3. The lowest BCUT2D eigenvalue weighted by atomic mass is 9.85. The van der Waals surface area contributed by atoms with Crippen LogP contribution in [0.5, 0.6) is 0 Å². The normalized spacial score (nSPS) is 22.5. The Hall–Kier alpha value is -0.573. The van der Waals surface area contributed by atoms with Crippen LogP contribution in [0.25, 0.3) is 0 Å². The van der Waals surface area contributed by atoms with E-state index >= 15 is 0 Å². The monoisotopic (exact) mass is 280 g/mol. The fraction of sp³-hybridized carbons (Fsp3) is 0.812. The number of rotatable bonds is 7. The molecule has 0 aromatic heterocycles. The van der Waals surface area contributed by atoms with Crippen LogP contribution in [0.4, 0.5) is 0 Å². The Morgan fingerprint density at radius 2 is 1.68 bits per heavy atom. The van der Waals surface area contributed by atoms with E-state index in [1.807, 2.05) is 0 Å². The minimum absolute atomic E-state index is 0.730. The second kappa shape index (κ2) is 8.57. The molecule has 2 nitrogen and oxygen atoms in total. The average Bonchev–Trinajstić information content (AvgIpc) is 2.37. The Morgan fingerprint density at radius 3 is 2.32 bits per heavy atom.